The van der Waals surface area contributed by atoms with E-state index in [-0.39, 0.29) is 30.0 Å². The SMILES string of the molecule is C/C(=N/OCC(=O)O)[C@H]1CC[C@@]2(O)C3=CC(=O)[C@@H]4C[C@@H](O)[C@@H](O)C[C@]4(C)C3CC[C@]12C. The number of aliphatic hydroxyl groups is 3. The number of hydrogen-bond donors (Lipinski definition) is 4. The minimum absolute atomic E-state index is 0.0327. The van der Waals surface area contributed by atoms with Gasteiger partial charge < -0.3 is 25.3 Å². The number of carbonyl (C=O) groups is 2. The number of fused-ring (bicyclic) bond motifs is 5. The maximum atomic E-state index is 13.1. The van der Waals surface area contributed by atoms with Crippen molar-refractivity contribution < 1.29 is 34.9 Å². The normalized spacial score (nSPS) is 47.2. The molecule has 31 heavy (non-hydrogen) atoms. The van der Waals surface area contributed by atoms with E-state index in [2.05, 4.69) is 5.16 Å². The fourth-order valence-electron chi connectivity index (χ4n) is 7.29. The van der Waals surface area contributed by atoms with Crippen LogP contribution in [0.5, 0.6) is 0 Å². The maximum Gasteiger partial charge on any atom is 0.344 e. The molecule has 8 nitrogen and oxygen atoms in total. The van der Waals surface area contributed by atoms with Gasteiger partial charge in [-0.3, -0.25) is 4.79 Å². The van der Waals surface area contributed by atoms with Gasteiger partial charge in [0.25, 0.3) is 0 Å². The van der Waals surface area contributed by atoms with E-state index in [0.29, 0.717) is 25.0 Å². The molecule has 0 amide bonds. The molecule has 172 valence electrons. The standard InChI is InChI=1S/C23H33NO7/c1-12(24-31-11-20(28)29)13-5-7-23(30)15-8-17(25)16-9-18(26)19(27)10-21(16,2)14(15)4-6-22(13,23)3/h8,13-14,16,18-19,26-27,30H,4-7,9-11H2,1-3H3,(H,28,29)/b24-12-/t13-,14?,16+,18-,19+,21-,22-,23-/m1/s1. The van der Waals surface area contributed by atoms with Crippen molar-refractivity contribution in [2.45, 2.75) is 77.1 Å². The number of allylic oxidation sites excluding steroid dienone is 1. The molecule has 4 aliphatic rings. The third-order valence-electron chi connectivity index (χ3n) is 9.02. The van der Waals surface area contributed by atoms with Crippen LogP contribution in [0, 0.1) is 28.6 Å². The van der Waals surface area contributed by atoms with Crippen LogP contribution in [0.2, 0.25) is 0 Å². The Morgan fingerprint density at radius 2 is 1.90 bits per heavy atom. The number of aliphatic hydroxyl groups excluding tert-OH is 2. The summed E-state index contributed by atoms with van der Waals surface area (Å²) < 4.78 is 0. The van der Waals surface area contributed by atoms with Crippen molar-refractivity contribution in [3.8, 4) is 0 Å². The van der Waals surface area contributed by atoms with E-state index in [1.54, 1.807) is 13.0 Å². The van der Waals surface area contributed by atoms with Crippen molar-refractivity contribution in [3.63, 3.8) is 0 Å². The van der Waals surface area contributed by atoms with Gasteiger partial charge in [-0.05, 0) is 68.4 Å². The zero-order chi connectivity index (χ0) is 22.8. The molecule has 8 heteroatoms. The first-order valence-corrected chi connectivity index (χ1v) is 11.2. The van der Waals surface area contributed by atoms with Crippen molar-refractivity contribution in [3.05, 3.63) is 11.6 Å². The fraction of sp³-hybridized carbons (Fsp3) is 0.783. The monoisotopic (exact) mass is 435 g/mol. The van der Waals surface area contributed by atoms with Crippen molar-refractivity contribution in [1.29, 1.82) is 0 Å². The predicted molar refractivity (Wildman–Crippen MR) is 111 cm³/mol. The Morgan fingerprint density at radius 3 is 2.58 bits per heavy atom. The molecule has 0 aliphatic heterocycles. The maximum absolute atomic E-state index is 13.1. The molecule has 0 radical (unpaired) electrons. The van der Waals surface area contributed by atoms with Crippen LogP contribution >= 0.6 is 0 Å². The van der Waals surface area contributed by atoms with E-state index in [4.69, 9.17) is 9.94 Å². The Labute approximate surface area is 182 Å². The smallest absolute Gasteiger partial charge is 0.344 e. The Bertz CT molecular complexity index is 853. The van der Waals surface area contributed by atoms with Gasteiger partial charge in [-0.2, -0.15) is 0 Å². The first kappa shape index (κ1) is 22.4. The largest absolute Gasteiger partial charge is 0.479 e. The van der Waals surface area contributed by atoms with E-state index >= 15 is 0 Å². The second-order valence-corrected chi connectivity index (χ2v) is 10.5. The van der Waals surface area contributed by atoms with Crippen LogP contribution < -0.4 is 0 Å². The molecule has 4 N–H and O–H groups in total. The van der Waals surface area contributed by atoms with Gasteiger partial charge in [0.2, 0.25) is 6.61 Å². The van der Waals surface area contributed by atoms with Gasteiger partial charge in [-0.1, -0.05) is 19.0 Å². The first-order valence-electron chi connectivity index (χ1n) is 11.2. The van der Waals surface area contributed by atoms with Crippen LogP contribution in [0.15, 0.2) is 16.8 Å². The summed E-state index contributed by atoms with van der Waals surface area (Å²) in [7, 11) is 0. The number of carboxylic acid groups (broad SMARTS) is 1. The van der Waals surface area contributed by atoms with Crippen LogP contribution in [0.25, 0.3) is 0 Å². The number of nitrogens with zero attached hydrogens (tertiary/aromatic N) is 1. The van der Waals surface area contributed by atoms with Gasteiger partial charge in [-0.15, -0.1) is 0 Å². The summed E-state index contributed by atoms with van der Waals surface area (Å²) in [5.74, 6) is -1.64. The molecule has 0 spiro atoms. The molecule has 1 unspecified atom stereocenters. The molecular formula is C23H33NO7. The lowest BCUT2D eigenvalue weighted by Crippen LogP contribution is -2.60. The van der Waals surface area contributed by atoms with Gasteiger partial charge in [0.15, 0.2) is 5.78 Å². The molecule has 0 aromatic rings. The van der Waals surface area contributed by atoms with Gasteiger partial charge in [0, 0.05) is 17.3 Å². The van der Waals surface area contributed by atoms with Gasteiger partial charge >= 0.3 is 5.97 Å². The summed E-state index contributed by atoms with van der Waals surface area (Å²) in [6.45, 7) is 5.33. The summed E-state index contributed by atoms with van der Waals surface area (Å²) in [6.07, 6.45) is 3.09. The lowest BCUT2D eigenvalue weighted by molar-refractivity contribution is -0.151. The number of aliphatic carboxylic acids is 1. The minimum atomic E-state index is -1.17. The van der Waals surface area contributed by atoms with Gasteiger partial charge in [-0.25, -0.2) is 4.79 Å². The second kappa shape index (κ2) is 7.39. The highest BCUT2D eigenvalue weighted by Gasteiger charge is 2.66. The molecular weight excluding hydrogens is 402 g/mol. The first-order chi connectivity index (χ1) is 14.4. The van der Waals surface area contributed by atoms with Gasteiger partial charge in [0.05, 0.1) is 23.5 Å². The molecule has 4 aliphatic carbocycles. The van der Waals surface area contributed by atoms with E-state index in [1.165, 1.54) is 0 Å². The summed E-state index contributed by atoms with van der Waals surface area (Å²) in [4.78, 5) is 28.8. The molecule has 8 atom stereocenters. The van der Waals surface area contributed by atoms with E-state index < -0.39 is 41.2 Å². The molecule has 4 rings (SSSR count). The zero-order valence-corrected chi connectivity index (χ0v) is 18.4. The zero-order valence-electron chi connectivity index (χ0n) is 18.4. The summed E-state index contributed by atoms with van der Waals surface area (Å²) in [6, 6.07) is 0. The third-order valence-corrected chi connectivity index (χ3v) is 9.02. The molecule has 3 fully saturated rings. The van der Waals surface area contributed by atoms with Crippen molar-refractivity contribution in [1.82, 2.24) is 0 Å². The Morgan fingerprint density at radius 1 is 1.19 bits per heavy atom. The lowest BCUT2D eigenvalue weighted by Gasteiger charge is -2.59. The fourth-order valence-corrected chi connectivity index (χ4v) is 7.29. The topological polar surface area (TPSA) is 137 Å². The van der Waals surface area contributed by atoms with Crippen molar-refractivity contribution in [2.75, 3.05) is 6.61 Å². The molecule has 0 aromatic heterocycles. The Balaban J connectivity index is 1.68. The molecule has 0 bridgehead atoms. The van der Waals surface area contributed by atoms with Crippen LogP contribution in [-0.2, 0) is 14.4 Å². The molecule has 3 saturated carbocycles. The average molecular weight is 436 g/mol. The molecule has 0 aromatic carbocycles. The van der Waals surface area contributed by atoms with E-state index in [9.17, 15) is 24.9 Å². The predicted octanol–water partition coefficient (Wildman–Crippen LogP) is 1.67. The van der Waals surface area contributed by atoms with Crippen LogP contribution in [0.3, 0.4) is 0 Å². The minimum Gasteiger partial charge on any atom is -0.479 e. The number of oxime groups is 1. The number of carboxylic acids is 1. The summed E-state index contributed by atoms with van der Waals surface area (Å²) in [5, 5.41) is 45.3. The third kappa shape index (κ3) is 3.17. The van der Waals surface area contributed by atoms with Crippen LogP contribution in [-0.4, -0.2) is 62.3 Å². The molecule has 0 saturated heterocycles. The Kier molecular flexibility index (Phi) is 5.34. The Hall–Kier alpha value is -1.77. The van der Waals surface area contributed by atoms with Crippen molar-refractivity contribution in [2.24, 2.45) is 33.7 Å². The summed E-state index contributed by atoms with van der Waals surface area (Å²) in [5.41, 5.74) is -0.806. The number of ketones is 1. The van der Waals surface area contributed by atoms with Gasteiger partial charge in [0.1, 0.15) is 0 Å². The van der Waals surface area contributed by atoms with Crippen LogP contribution in [0.4, 0.5) is 0 Å². The highest BCUT2D eigenvalue weighted by Crippen LogP contribution is 2.67. The number of rotatable bonds is 4. The quantitative estimate of drug-likeness (QED) is 0.389. The highest BCUT2D eigenvalue weighted by molar-refractivity contribution is 5.95. The highest BCUT2D eigenvalue weighted by atomic mass is 16.6. The van der Waals surface area contributed by atoms with E-state index in [1.807, 2.05) is 13.8 Å². The van der Waals surface area contributed by atoms with Crippen LogP contribution in [0.1, 0.15) is 59.3 Å². The molecule has 0 heterocycles. The number of hydrogen-bond acceptors (Lipinski definition) is 7. The lowest BCUT2D eigenvalue weighted by atomic mass is 9.46. The number of carbonyl (C=O) groups excluding carboxylic acids is 1. The van der Waals surface area contributed by atoms with Crippen molar-refractivity contribution >= 4 is 17.5 Å². The summed E-state index contributed by atoms with van der Waals surface area (Å²) >= 11 is 0. The second-order valence-electron chi connectivity index (χ2n) is 10.5. The average Bonchev–Trinajstić information content (AvgIpc) is 2.96. The van der Waals surface area contributed by atoms with E-state index in [0.717, 1.165) is 18.4 Å².